The van der Waals surface area contributed by atoms with Crippen LogP contribution in [0, 0.1) is 6.92 Å². The zero-order valence-corrected chi connectivity index (χ0v) is 15.6. The van der Waals surface area contributed by atoms with Gasteiger partial charge in [-0.2, -0.15) is 0 Å². The standard InChI is InChI=1S/C19H23N3O2S/c1-4-15-12(2)20-16-6-5-7-17(18(15)16)22-24-19(23)21-13-8-10-14(25-3)11-9-13/h8-11,20H,4-7H2,1-3H3,(H,21,23)/b22-17+. The van der Waals surface area contributed by atoms with Crippen molar-refractivity contribution in [3.63, 3.8) is 0 Å². The number of hydrogen-bond acceptors (Lipinski definition) is 4. The quantitative estimate of drug-likeness (QED) is 0.465. The van der Waals surface area contributed by atoms with Crippen molar-refractivity contribution in [3.05, 3.63) is 46.8 Å². The van der Waals surface area contributed by atoms with Gasteiger partial charge in [-0.1, -0.05) is 12.1 Å². The van der Waals surface area contributed by atoms with Crippen molar-refractivity contribution in [2.45, 2.75) is 44.4 Å². The number of amides is 1. The molecule has 0 unspecified atom stereocenters. The van der Waals surface area contributed by atoms with Crippen molar-refractivity contribution in [2.75, 3.05) is 11.6 Å². The van der Waals surface area contributed by atoms with Gasteiger partial charge in [-0.25, -0.2) is 4.79 Å². The largest absolute Gasteiger partial charge is 0.437 e. The Morgan fingerprint density at radius 1 is 1.32 bits per heavy atom. The number of hydrogen-bond donors (Lipinski definition) is 2. The van der Waals surface area contributed by atoms with Crippen molar-refractivity contribution >= 4 is 29.3 Å². The summed E-state index contributed by atoms with van der Waals surface area (Å²) in [5, 5.41) is 6.86. The molecule has 0 atom stereocenters. The molecule has 1 aromatic carbocycles. The first-order valence-electron chi connectivity index (χ1n) is 8.52. The minimum Gasteiger partial charge on any atom is -0.362 e. The van der Waals surface area contributed by atoms with Crippen molar-refractivity contribution < 1.29 is 9.63 Å². The number of anilines is 1. The van der Waals surface area contributed by atoms with Gasteiger partial charge in [0.15, 0.2) is 0 Å². The average molecular weight is 357 g/mol. The highest BCUT2D eigenvalue weighted by molar-refractivity contribution is 7.98. The van der Waals surface area contributed by atoms with Crippen LogP contribution in [0.4, 0.5) is 10.5 Å². The molecule has 0 spiro atoms. The molecular formula is C19H23N3O2S. The molecule has 0 saturated heterocycles. The zero-order valence-electron chi connectivity index (χ0n) is 14.8. The summed E-state index contributed by atoms with van der Waals surface area (Å²) in [6, 6.07) is 7.61. The number of aromatic nitrogens is 1. The Kier molecular flexibility index (Phi) is 5.48. The molecule has 5 nitrogen and oxygen atoms in total. The maximum absolute atomic E-state index is 12.0. The van der Waals surface area contributed by atoms with Gasteiger partial charge in [0.25, 0.3) is 0 Å². The number of H-pyrrole nitrogens is 1. The van der Waals surface area contributed by atoms with Crippen LogP contribution in [0.2, 0.25) is 0 Å². The molecule has 2 aromatic rings. The number of nitrogens with one attached hydrogen (secondary N) is 2. The Labute approximate surface area is 152 Å². The summed E-state index contributed by atoms with van der Waals surface area (Å²) < 4.78 is 0. The summed E-state index contributed by atoms with van der Waals surface area (Å²) >= 11 is 1.66. The van der Waals surface area contributed by atoms with Crippen molar-refractivity contribution in [1.29, 1.82) is 0 Å². The van der Waals surface area contributed by atoms with E-state index in [4.69, 9.17) is 4.84 Å². The number of rotatable bonds is 4. The molecule has 1 heterocycles. The van der Waals surface area contributed by atoms with E-state index in [1.165, 1.54) is 17.0 Å². The number of oxime groups is 1. The lowest BCUT2D eigenvalue weighted by molar-refractivity contribution is 0.166. The summed E-state index contributed by atoms with van der Waals surface area (Å²) in [4.78, 5) is 21.7. The van der Waals surface area contributed by atoms with Crippen LogP contribution in [0.5, 0.6) is 0 Å². The van der Waals surface area contributed by atoms with E-state index in [2.05, 4.69) is 29.3 Å². The molecule has 0 aliphatic heterocycles. The molecule has 1 aliphatic rings. The van der Waals surface area contributed by atoms with Gasteiger partial charge < -0.3 is 4.98 Å². The van der Waals surface area contributed by atoms with Crippen LogP contribution in [0.3, 0.4) is 0 Å². The second-order valence-electron chi connectivity index (χ2n) is 6.06. The van der Waals surface area contributed by atoms with E-state index in [1.54, 1.807) is 11.8 Å². The van der Waals surface area contributed by atoms with Crippen molar-refractivity contribution in [3.8, 4) is 0 Å². The van der Waals surface area contributed by atoms with Crippen LogP contribution in [0.25, 0.3) is 0 Å². The molecule has 0 fully saturated rings. The van der Waals surface area contributed by atoms with Crippen LogP contribution in [-0.2, 0) is 17.7 Å². The number of carbonyl (C=O) groups is 1. The molecule has 1 amide bonds. The van der Waals surface area contributed by atoms with Gasteiger partial charge in [0.2, 0.25) is 0 Å². The predicted octanol–water partition coefficient (Wildman–Crippen LogP) is 4.90. The highest BCUT2D eigenvalue weighted by Gasteiger charge is 2.23. The average Bonchev–Trinajstić information content (AvgIpc) is 2.96. The van der Waals surface area contributed by atoms with Gasteiger partial charge in [-0.15, -0.1) is 11.8 Å². The first kappa shape index (κ1) is 17.6. The molecule has 0 saturated carbocycles. The monoisotopic (exact) mass is 357 g/mol. The van der Waals surface area contributed by atoms with E-state index in [1.807, 2.05) is 30.5 Å². The highest BCUT2D eigenvalue weighted by atomic mass is 32.2. The van der Waals surface area contributed by atoms with E-state index in [-0.39, 0.29) is 0 Å². The van der Waals surface area contributed by atoms with Crippen LogP contribution in [0.15, 0.2) is 34.3 Å². The number of fused-ring (bicyclic) bond motifs is 1. The molecule has 132 valence electrons. The lowest BCUT2D eigenvalue weighted by atomic mass is 9.92. The van der Waals surface area contributed by atoms with Gasteiger partial charge in [-0.3, -0.25) is 10.2 Å². The van der Waals surface area contributed by atoms with Crippen LogP contribution in [0.1, 0.15) is 42.3 Å². The Bertz CT molecular complexity index is 794. The van der Waals surface area contributed by atoms with Gasteiger partial charge in [0.05, 0.1) is 5.71 Å². The van der Waals surface area contributed by atoms with Crippen LogP contribution >= 0.6 is 11.8 Å². The number of carbonyl (C=O) groups excluding carboxylic acids is 1. The third-order valence-corrected chi connectivity index (χ3v) is 5.20. The summed E-state index contributed by atoms with van der Waals surface area (Å²) in [6.07, 6.45) is 5.23. The van der Waals surface area contributed by atoms with E-state index >= 15 is 0 Å². The lowest BCUT2D eigenvalue weighted by Gasteiger charge is -2.15. The zero-order chi connectivity index (χ0) is 17.8. The van der Waals surface area contributed by atoms with Crippen molar-refractivity contribution in [1.82, 2.24) is 4.98 Å². The number of nitrogens with zero attached hydrogens (tertiary/aromatic N) is 1. The predicted molar refractivity (Wildman–Crippen MR) is 103 cm³/mol. The topological polar surface area (TPSA) is 66.5 Å². The molecule has 1 aliphatic carbocycles. The van der Waals surface area contributed by atoms with Gasteiger partial charge in [0.1, 0.15) is 0 Å². The fourth-order valence-corrected chi connectivity index (χ4v) is 3.68. The fraction of sp³-hybridized carbons (Fsp3) is 0.368. The third-order valence-electron chi connectivity index (χ3n) is 4.45. The maximum atomic E-state index is 12.0. The SMILES string of the molecule is CCc1c(C)[nH]c2c1/C(=N/OC(=O)Nc1ccc(SC)cc1)CCC2. The van der Waals surface area contributed by atoms with E-state index in [9.17, 15) is 4.79 Å². The molecule has 6 heteroatoms. The summed E-state index contributed by atoms with van der Waals surface area (Å²) in [6.45, 7) is 4.22. The van der Waals surface area contributed by atoms with E-state index in [0.717, 1.165) is 41.9 Å². The normalized spacial score (nSPS) is 15.1. The van der Waals surface area contributed by atoms with Crippen LogP contribution in [-0.4, -0.2) is 23.0 Å². The van der Waals surface area contributed by atoms with Gasteiger partial charge >= 0.3 is 6.09 Å². The number of benzene rings is 1. The third kappa shape index (κ3) is 3.90. The Balaban J connectivity index is 1.71. The molecule has 2 N–H and O–H groups in total. The summed E-state index contributed by atoms with van der Waals surface area (Å²) in [5.74, 6) is 0. The van der Waals surface area contributed by atoms with Gasteiger partial charge in [0, 0.05) is 27.5 Å². The second kappa shape index (κ2) is 7.78. The lowest BCUT2D eigenvalue weighted by Crippen LogP contribution is -2.16. The smallest absolute Gasteiger partial charge is 0.362 e. The Hall–Kier alpha value is -2.21. The minimum atomic E-state index is -0.568. The molecule has 0 bridgehead atoms. The Morgan fingerprint density at radius 3 is 2.76 bits per heavy atom. The molecular weight excluding hydrogens is 334 g/mol. The summed E-state index contributed by atoms with van der Waals surface area (Å²) in [7, 11) is 0. The van der Waals surface area contributed by atoms with Crippen molar-refractivity contribution in [2.24, 2.45) is 5.16 Å². The molecule has 0 radical (unpaired) electrons. The first-order valence-corrected chi connectivity index (χ1v) is 9.74. The molecule has 3 rings (SSSR count). The molecule has 1 aromatic heterocycles. The molecule has 25 heavy (non-hydrogen) atoms. The number of aryl methyl sites for hydroxylation is 2. The maximum Gasteiger partial charge on any atom is 0.437 e. The van der Waals surface area contributed by atoms with E-state index < -0.39 is 6.09 Å². The fourth-order valence-electron chi connectivity index (χ4n) is 3.27. The van der Waals surface area contributed by atoms with Crippen LogP contribution < -0.4 is 5.32 Å². The Morgan fingerprint density at radius 2 is 2.08 bits per heavy atom. The summed E-state index contributed by atoms with van der Waals surface area (Å²) in [5.41, 5.74) is 6.35. The second-order valence-corrected chi connectivity index (χ2v) is 6.94. The van der Waals surface area contributed by atoms with E-state index in [0.29, 0.717) is 5.69 Å². The van der Waals surface area contributed by atoms with Gasteiger partial charge in [-0.05, 0) is 68.7 Å². The minimum absolute atomic E-state index is 0.568. The number of aromatic amines is 1. The number of thioether (sulfide) groups is 1. The first-order chi connectivity index (χ1) is 12.1. The highest BCUT2D eigenvalue weighted by Crippen LogP contribution is 2.28.